The number of hydrogen-bond acceptors (Lipinski definition) is 6. The maximum Gasteiger partial charge on any atom is 0.247 e. The van der Waals surface area contributed by atoms with Crippen LogP contribution in [0, 0.1) is 6.92 Å². The summed E-state index contributed by atoms with van der Waals surface area (Å²) >= 11 is 0. The lowest BCUT2D eigenvalue weighted by Gasteiger charge is -2.07. The Morgan fingerprint density at radius 2 is 1.88 bits per heavy atom. The number of anilines is 1. The highest BCUT2D eigenvalue weighted by Gasteiger charge is 2.15. The molecule has 132 valence electrons. The van der Waals surface area contributed by atoms with Crippen molar-refractivity contribution in [2.75, 3.05) is 18.5 Å². The molecule has 2 aromatic carbocycles. The van der Waals surface area contributed by atoms with Gasteiger partial charge in [0.15, 0.2) is 0 Å². The van der Waals surface area contributed by atoms with Gasteiger partial charge in [-0.05, 0) is 24.6 Å². The lowest BCUT2D eigenvalue weighted by atomic mass is 10.1. The standard InChI is InChI=1S/C19H19N5O2/c1-13-6-2-3-7-14(13)18-22-17(26-23-18)12-24-16-9-5-4-8-15(16)21-19(24)20-10-11-25/h2-9,25H,10-12H2,1H3,(H,20,21). The number of nitrogens with one attached hydrogen (secondary N) is 1. The fraction of sp³-hybridized carbons (Fsp3) is 0.211. The smallest absolute Gasteiger partial charge is 0.247 e. The summed E-state index contributed by atoms with van der Waals surface area (Å²) in [7, 11) is 0. The van der Waals surface area contributed by atoms with Crippen LogP contribution in [-0.4, -0.2) is 37.9 Å². The van der Waals surface area contributed by atoms with Crippen LogP contribution in [-0.2, 0) is 6.54 Å². The molecule has 4 rings (SSSR count). The summed E-state index contributed by atoms with van der Waals surface area (Å²) in [4.78, 5) is 9.12. The summed E-state index contributed by atoms with van der Waals surface area (Å²) in [5, 5.41) is 16.3. The number of imidazole rings is 1. The van der Waals surface area contributed by atoms with Gasteiger partial charge in [0.2, 0.25) is 17.7 Å². The Morgan fingerprint density at radius 3 is 2.73 bits per heavy atom. The minimum absolute atomic E-state index is 0.0290. The van der Waals surface area contributed by atoms with E-state index in [2.05, 4.69) is 20.4 Å². The van der Waals surface area contributed by atoms with Crippen molar-refractivity contribution < 1.29 is 9.63 Å². The molecule has 0 saturated carbocycles. The molecule has 26 heavy (non-hydrogen) atoms. The van der Waals surface area contributed by atoms with Crippen molar-refractivity contribution in [3.8, 4) is 11.4 Å². The predicted octanol–water partition coefficient (Wildman–Crippen LogP) is 2.85. The second-order valence-electron chi connectivity index (χ2n) is 5.99. The van der Waals surface area contributed by atoms with Gasteiger partial charge in [-0.2, -0.15) is 4.98 Å². The van der Waals surface area contributed by atoms with E-state index in [1.54, 1.807) is 0 Å². The molecule has 0 unspecified atom stereocenters. The lowest BCUT2D eigenvalue weighted by Crippen LogP contribution is -2.12. The first kappa shape index (κ1) is 16.3. The molecule has 0 saturated heterocycles. The Balaban J connectivity index is 1.68. The number of hydrogen-bond donors (Lipinski definition) is 2. The lowest BCUT2D eigenvalue weighted by molar-refractivity contribution is 0.310. The highest BCUT2D eigenvalue weighted by molar-refractivity contribution is 5.78. The first-order valence-corrected chi connectivity index (χ1v) is 8.45. The molecular weight excluding hydrogens is 330 g/mol. The third-order valence-corrected chi connectivity index (χ3v) is 4.20. The molecule has 7 heteroatoms. The first-order valence-electron chi connectivity index (χ1n) is 8.45. The van der Waals surface area contributed by atoms with Gasteiger partial charge >= 0.3 is 0 Å². The normalized spacial score (nSPS) is 11.2. The van der Waals surface area contributed by atoms with E-state index in [0.29, 0.717) is 30.8 Å². The van der Waals surface area contributed by atoms with E-state index in [4.69, 9.17) is 9.63 Å². The molecule has 0 radical (unpaired) electrons. The van der Waals surface area contributed by atoms with Crippen LogP contribution in [0.25, 0.3) is 22.4 Å². The van der Waals surface area contributed by atoms with Gasteiger partial charge in [0.1, 0.15) is 6.54 Å². The highest BCUT2D eigenvalue weighted by Crippen LogP contribution is 2.23. The van der Waals surface area contributed by atoms with Gasteiger partial charge in [0, 0.05) is 12.1 Å². The second kappa shape index (κ2) is 6.97. The average molecular weight is 349 g/mol. The Morgan fingerprint density at radius 1 is 1.08 bits per heavy atom. The van der Waals surface area contributed by atoms with Crippen LogP contribution in [0.5, 0.6) is 0 Å². The van der Waals surface area contributed by atoms with E-state index in [0.717, 1.165) is 22.2 Å². The number of fused-ring (bicyclic) bond motifs is 1. The zero-order chi connectivity index (χ0) is 17.9. The van der Waals surface area contributed by atoms with Crippen LogP contribution in [0.4, 0.5) is 5.95 Å². The summed E-state index contributed by atoms with van der Waals surface area (Å²) in [6.45, 7) is 2.86. The third-order valence-electron chi connectivity index (χ3n) is 4.20. The number of aryl methyl sites for hydroxylation is 1. The van der Waals surface area contributed by atoms with Gasteiger partial charge in [-0.25, -0.2) is 4.98 Å². The Bertz CT molecular complexity index is 1040. The number of aliphatic hydroxyl groups is 1. The molecule has 0 fully saturated rings. The van der Waals surface area contributed by atoms with E-state index < -0.39 is 0 Å². The molecule has 0 aliphatic rings. The van der Waals surface area contributed by atoms with E-state index in [1.807, 2.05) is 60.0 Å². The van der Waals surface area contributed by atoms with E-state index >= 15 is 0 Å². The number of aliphatic hydroxyl groups excluding tert-OH is 1. The molecule has 0 bridgehead atoms. The quantitative estimate of drug-likeness (QED) is 0.556. The van der Waals surface area contributed by atoms with Crippen LogP contribution >= 0.6 is 0 Å². The van der Waals surface area contributed by atoms with E-state index in [9.17, 15) is 0 Å². The minimum Gasteiger partial charge on any atom is -0.395 e. The van der Waals surface area contributed by atoms with Crippen molar-refractivity contribution in [3.63, 3.8) is 0 Å². The van der Waals surface area contributed by atoms with E-state index in [1.165, 1.54) is 0 Å². The maximum atomic E-state index is 9.10. The zero-order valence-corrected chi connectivity index (χ0v) is 14.4. The molecule has 2 heterocycles. The van der Waals surface area contributed by atoms with E-state index in [-0.39, 0.29) is 6.61 Å². The molecule has 0 aliphatic carbocycles. The van der Waals surface area contributed by atoms with Gasteiger partial charge in [0.05, 0.1) is 17.6 Å². The molecule has 2 N–H and O–H groups in total. The van der Waals surface area contributed by atoms with Gasteiger partial charge in [-0.3, -0.25) is 0 Å². The van der Waals surface area contributed by atoms with Crippen molar-refractivity contribution in [1.29, 1.82) is 0 Å². The SMILES string of the molecule is Cc1ccccc1-c1noc(Cn2c(NCCO)nc3ccccc32)n1. The highest BCUT2D eigenvalue weighted by atomic mass is 16.5. The summed E-state index contributed by atoms with van der Waals surface area (Å²) in [6, 6.07) is 15.8. The van der Waals surface area contributed by atoms with Crippen molar-refractivity contribution in [2.45, 2.75) is 13.5 Å². The zero-order valence-electron chi connectivity index (χ0n) is 14.4. The maximum absolute atomic E-state index is 9.10. The molecule has 2 aromatic heterocycles. The molecule has 4 aromatic rings. The summed E-state index contributed by atoms with van der Waals surface area (Å²) < 4.78 is 7.44. The summed E-state index contributed by atoms with van der Waals surface area (Å²) in [5.41, 5.74) is 3.88. The van der Waals surface area contributed by atoms with Crippen LogP contribution in [0.1, 0.15) is 11.5 Å². The Hall–Kier alpha value is -3.19. The third kappa shape index (κ3) is 3.04. The summed E-state index contributed by atoms with van der Waals surface area (Å²) in [5.74, 6) is 1.74. The predicted molar refractivity (Wildman–Crippen MR) is 98.9 cm³/mol. The molecule has 0 atom stereocenters. The monoisotopic (exact) mass is 349 g/mol. The minimum atomic E-state index is 0.0290. The second-order valence-corrected chi connectivity index (χ2v) is 5.99. The van der Waals surface area contributed by atoms with Gasteiger partial charge in [0.25, 0.3) is 0 Å². The van der Waals surface area contributed by atoms with Crippen molar-refractivity contribution in [3.05, 3.63) is 60.0 Å². The first-order chi connectivity index (χ1) is 12.8. The number of rotatable bonds is 6. The van der Waals surface area contributed by atoms with Gasteiger partial charge in [-0.1, -0.05) is 41.6 Å². The van der Waals surface area contributed by atoms with Crippen molar-refractivity contribution in [1.82, 2.24) is 19.7 Å². The van der Waals surface area contributed by atoms with Crippen LogP contribution in [0.2, 0.25) is 0 Å². The number of benzene rings is 2. The number of para-hydroxylation sites is 2. The van der Waals surface area contributed by atoms with Crippen molar-refractivity contribution in [2.24, 2.45) is 0 Å². The fourth-order valence-electron chi connectivity index (χ4n) is 2.93. The topological polar surface area (TPSA) is 89.0 Å². The molecule has 7 nitrogen and oxygen atoms in total. The molecular formula is C19H19N5O2. The summed E-state index contributed by atoms with van der Waals surface area (Å²) in [6.07, 6.45) is 0. The van der Waals surface area contributed by atoms with Gasteiger partial charge in [-0.15, -0.1) is 0 Å². The molecule has 0 spiro atoms. The molecule has 0 amide bonds. The van der Waals surface area contributed by atoms with Crippen LogP contribution in [0.15, 0.2) is 53.1 Å². The fourth-order valence-corrected chi connectivity index (χ4v) is 2.93. The Labute approximate surface area is 150 Å². The molecule has 0 aliphatic heterocycles. The Kier molecular flexibility index (Phi) is 4.37. The van der Waals surface area contributed by atoms with Crippen LogP contribution < -0.4 is 5.32 Å². The number of nitrogens with zero attached hydrogens (tertiary/aromatic N) is 4. The van der Waals surface area contributed by atoms with Crippen molar-refractivity contribution >= 4 is 17.0 Å². The van der Waals surface area contributed by atoms with Gasteiger partial charge < -0.3 is 19.5 Å². The van der Waals surface area contributed by atoms with Crippen LogP contribution in [0.3, 0.4) is 0 Å². The number of aromatic nitrogens is 4. The largest absolute Gasteiger partial charge is 0.395 e. The average Bonchev–Trinajstić information content (AvgIpc) is 3.26.